The fourth-order valence-corrected chi connectivity index (χ4v) is 9.20. The van der Waals surface area contributed by atoms with E-state index in [9.17, 15) is 9.59 Å². The summed E-state index contributed by atoms with van der Waals surface area (Å²) >= 11 is 0. The normalized spacial score (nSPS) is 21.6. The average molecular weight is 638 g/mol. The van der Waals surface area contributed by atoms with E-state index in [2.05, 4.69) is 67.5 Å². The van der Waals surface area contributed by atoms with Crippen LogP contribution in [-0.2, 0) is 50.3 Å². The number of fused-ring (bicyclic) bond motifs is 11. The summed E-state index contributed by atoms with van der Waals surface area (Å²) in [4.78, 5) is 47.9. The van der Waals surface area contributed by atoms with Gasteiger partial charge in [-0.3, -0.25) is 14.6 Å². The molecule has 2 unspecified atom stereocenters. The minimum atomic E-state index is -1.17. The molecule has 1 fully saturated rings. The summed E-state index contributed by atoms with van der Waals surface area (Å²) in [5.41, 5.74) is 11.1. The first kappa shape index (κ1) is 32.1. The van der Waals surface area contributed by atoms with E-state index in [-0.39, 0.29) is 28.6 Å². The third-order valence-corrected chi connectivity index (χ3v) is 11.3. The molecule has 1 saturated carbocycles. The van der Waals surface area contributed by atoms with Crippen LogP contribution in [-0.4, -0.2) is 21.5 Å². The zero-order valence-electron chi connectivity index (χ0n) is 27.5. The van der Waals surface area contributed by atoms with Crippen LogP contribution >= 0.6 is 0 Å². The van der Waals surface area contributed by atoms with Crippen LogP contribution in [0, 0.1) is 19.3 Å². The van der Waals surface area contributed by atoms with Gasteiger partial charge in [0, 0.05) is 16.5 Å². The van der Waals surface area contributed by atoms with Crippen molar-refractivity contribution >= 4 is 44.8 Å². The van der Waals surface area contributed by atoms with E-state index < -0.39 is 16.2 Å². The molecule has 0 saturated heterocycles. The van der Waals surface area contributed by atoms with Crippen molar-refractivity contribution in [3.63, 3.8) is 0 Å². The van der Waals surface area contributed by atoms with Gasteiger partial charge in [0.05, 0.1) is 17.1 Å². The second kappa shape index (κ2) is 10.7. The Labute approximate surface area is 271 Å². The molecular weight excluding hydrogens is 596 g/mol. The summed E-state index contributed by atoms with van der Waals surface area (Å²) in [5, 5.41) is 0. The fraction of sp³-hybridized carbons (Fsp3) is 0.459. The van der Waals surface area contributed by atoms with Crippen molar-refractivity contribution in [3.05, 3.63) is 69.3 Å². The molecular formula is C37H42CuN4O2. The Morgan fingerprint density at radius 2 is 1.25 bits per heavy atom. The quantitative estimate of drug-likeness (QED) is 0.206. The van der Waals surface area contributed by atoms with Gasteiger partial charge in [0.1, 0.15) is 17.0 Å². The predicted molar refractivity (Wildman–Crippen MR) is 173 cm³/mol. The largest absolute Gasteiger partial charge is 2.00 e. The maximum absolute atomic E-state index is 13.6. The van der Waals surface area contributed by atoms with Crippen molar-refractivity contribution in [2.45, 2.75) is 106 Å². The van der Waals surface area contributed by atoms with Crippen LogP contribution in [0.3, 0.4) is 0 Å². The molecule has 233 valence electrons. The SMILES string of the molecule is CCC1=C(C)c2cc3[n-]c(cc4[n-]c(cc5nc(cc1n2)C1(C)C(C(C)=O)(C(C)=O)C51CC)c(C)c4CC)c(C)c3CC.[Cu+2]. The molecule has 0 amide bonds. The van der Waals surface area contributed by atoms with E-state index in [0.29, 0.717) is 6.42 Å². The van der Waals surface area contributed by atoms with Crippen molar-refractivity contribution in [2.24, 2.45) is 5.41 Å². The van der Waals surface area contributed by atoms with E-state index in [0.717, 1.165) is 80.8 Å². The van der Waals surface area contributed by atoms with E-state index in [1.807, 2.05) is 12.1 Å². The maximum atomic E-state index is 13.6. The molecule has 2 atom stereocenters. The molecule has 3 aliphatic rings. The van der Waals surface area contributed by atoms with Crippen molar-refractivity contribution in [1.82, 2.24) is 19.9 Å². The smallest absolute Gasteiger partial charge is 0.657 e. The van der Waals surface area contributed by atoms with Crippen LogP contribution in [0.1, 0.15) is 113 Å². The Kier molecular flexibility index (Phi) is 7.79. The number of nitrogens with zero attached hydrogens (tertiary/aromatic N) is 4. The Hall–Kier alpha value is -3.28. The van der Waals surface area contributed by atoms with Crippen molar-refractivity contribution < 1.29 is 26.7 Å². The number of Topliss-reactive ketones (excluding diaryl/α,β-unsaturated/α-hetero) is 2. The number of rotatable bonds is 6. The summed E-state index contributed by atoms with van der Waals surface area (Å²) < 4.78 is 0. The van der Waals surface area contributed by atoms with E-state index in [4.69, 9.17) is 19.9 Å². The van der Waals surface area contributed by atoms with Gasteiger partial charge >= 0.3 is 17.1 Å². The summed E-state index contributed by atoms with van der Waals surface area (Å²) in [7, 11) is 0. The van der Waals surface area contributed by atoms with Gasteiger partial charge in [-0.1, -0.05) is 75.1 Å². The molecule has 0 aromatic carbocycles. The topological polar surface area (TPSA) is 88.1 Å². The molecule has 0 spiro atoms. The minimum absolute atomic E-state index is 0. The molecule has 2 aliphatic heterocycles. The zero-order chi connectivity index (χ0) is 31.2. The third kappa shape index (κ3) is 3.66. The van der Waals surface area contributed by atoms with Gasteiger partial charge in [-0.2, -0.15) is 0 Å². The molecule has 44 heavy (non-hydrogen) atoms. The standard InChI is InChI=1S/C37H42N4O2.Cu/c1-11-24-19(5)27-15-31-25(12-2)21(7)29(40-31)17-34-36(14-4)35(10,37(36,22(8)42)23(9)43)33(41-34)18-32-26(13-3)20(6)28(39-32)16-30(24)38-27;/h15-18H,11-14H2,1-10H3;/q-2;+2. The van der Waals surface area contributed by atoms with Crippen molar-refractivity contribution in [3.8, 4) is 0 Å². The predicted octanol–water partition coefficient (Wildman–Crippen LogP) is 7.44. The van der Waals surface area contributed by atoms with Gasteiger partial charge in [0.2, 0.25) is 0 Å². The van der Waals surface area contributed by atoms with Gasteiger partial charge < -0.3 is 9.97 Å². The van der Waals surface area contributed by atoms with Gasteiger partial charge in [-0.25, -0.2) is 4.98 Å². The molecule has 1 aliphatic carbocycles. The minimum Gasteiger partial charge on any atom is -0.657 e. The zero-order valence-corrected chi connectivity index (χ0v) is 28.5. The second-order valence-electron chi connectivity index (χ2n) is 12.7. The molecule has 6 nitrogen and oxygen atoms in total. The molecule has 8 bridgehead atoms. The molecule has 3 aromatic heterocycles. The Bertz CT molecular complexity index is 1930. The van der Waals surface area contributed by atoms with E-state index in [1.165, 1.54) is 16.7 Å². The Morgan fingerprint density at radius 1 is 0.705 bits per heavy atom. The van der Waals surface area contributed by atoms with Crippen LogP contribution in [0.15, 0.2) is 24.3 Å². The summed E-state index contributed by atoms with van der Waals surface area (Å²) in [6, 6.07) is 8.32. The first-order chi connectivity index (χ1) is 20.4. The van der Waals surface area contributed by atoms with Crippen LogP contribution < -0.4 is 9.97 Å². The summed E-state index contributed by atoms with van der Waals surface area (Å²) in [6.45, 7) is 20.1. The number of carbonyl (C=O) groups excluding carboxylic acids is 2. The van der Waals surface area contributed by atoms with Crippen LogP contribution in [0.25, 0.3) is 33.2 Å². The first-order valence-corrected chi connectivity index (χ1v) is 15.7. The molecule has 6 rings (SSSR count). The third-order valence-electron chi connectivity index (χ3n) is 11.3. The summed E-state index contributed by atoms with van der Waals surface area (Å²) in [5.74, 6) is -0.200. The summed E-state index contributed by atoms with van der Waals surface area (Å²) in [6.07, 6.45) is 3.12. The van der Waals surface area contributed by atoms with Crippen LogP contribution in [0.2, 0.25) is 0 Å². The fourth-order valence-electron chi connectivity index (χ4n) is 9.20. The van der Waals surface area contributed by atoms with Crippen LogP contribution in [0.4, 0.5) is 0 Å². The van der Waals surface area contributed by atoms with Crippen molar-refractivity contribution in [1.29, 1.82) is 0 Å². The monoisotopic (exact) mass is 637 g/mol. The maximum Gasteiger partial charge on any atom is 2.00 e. The average Bonchev–Trinajstić information content (AvgIpc) is 3.27. The van der Waals surface area contributed by atoms with Gasteiger partial charge in [0.25, 0.3) is 0 Å². The molecule has 7 heteroatoms. The number of hydrogen-bond donors (Lipinski definition) is 0. The first-order valence-electron chi connectivity index (χ1n) is 15.7. The molecule has 3 aromatic rings. The second-order valence-corrected chi connectivity index (χ2v) is 12.7. The Morgan fingerprint density at radius 3 is 1.75 bits per heavy atom. The Balaban J connectivity index is 0.00000384. The van der Waals surface area contributed by atoms with E-state index >= 15 is 0 Å². The number of carbonyl (C=O) groups is 2. The molecule has 0 N–H and O–H groups in total. The number of aryl methyl sites for hydroxylation is 4. The van der Waals surface area contributed by atoms with Gasteiger partial charge in [0.15, 0.2) is 0 Å². The number of ketones is 2. The van der Waals surface area contributed by atoms with Gasteiger partial charge in [-0.15, -0.1) is 22.1 Å². The number of allylic oxidation sites excluding steroid dienone is 2. The van der Waals surface area contributed by atoms with E-state index in [1.54, 1.807) is 13.8 Å². The molecule has 1 radical (unpaired) electrons. The van der Waals surface area contributed by atoms with Gasteiger partial charge in [-0.05, 0) is 77.5 Å². The number of aromatic nitrogens is 4. The number of hydrogen-bond acceptors (Lipinski definition) is 4. The van der Waals surface area contributed by atoms with Crippen LogP contribution in [0.5, 0.6) is 0 Å². The molecule has 5 heterocycles. The van der Waals surface area contributed by atoms with Crippen molar-refractivity contribution in [2.75, 3.05) is 0 Å².